The van der Waals surface area contributed by atoms with Crippen LogP contribution in [0, 0.1) is 0 Å². The number of hydrogen-bond acceptors (Lipinski definition) is 6. The quantitative estimate of drug-likeness (QED) is 0.596. The minimum absolute atomic E-state index is 0.424. The van der Waals surface area contributed by atoms with Crippen molar-refractivity contribution in [3.8, 4) is 0 Å². The monoisotopic (exact) mass is 302 g/mol. The first-order valence-electron chi connectivity index (χ1n) is 5.85. The fourth-order valence-electron chi connectivity index (χ4n) is 1.61. The second-order valence-corrected chi connectivity index (χ2v) is 7.46. The summed E-state index contributed by atoms with van der Waals surface area (Å²) in [4.78, 5) is 0. The molecule has 0 aliphatic heterocycles. The summed E-state index contributed by atoms with van der Waals surface area (Å²) in [6, 6.07) is 0. The van der Waals surface area contributed by atoms with Crippen LogP contribution in [0.5, 0.6) is 0 Å². The molecule has 0 bridgehead atoms. The van der Waals surface area contributed by atoms with Crippen molar-refractivity contribution >= 4 is 20.2 Å². The zero-order valence-corrected chi connectivity index (χ0v) is 12.9. The fraction of sp³-hybridized carbons (Fsp3) is 1.00. The van der Waals surface area contributed by atoms with E-state index in [9.17, 15) is 16.8 Å². The largest absolute Gasteiger partial charge is 0.264 e. The van der Waals surface area contributed by atoms with Crippen LogP contribution < -0.4 is 0 Å². The van der Waals surface area contributed by atoms with Gasteiger partial charge in [-0.25, -0.2) is 0 Å². The van der Waals surface area contributed by atoms with Crippen LogP contribution in [0.2, 0.25) is 0 Å². The molecule has 0 rings (SSSR count). The van der Waals surface area contributed by atoms with Gasteiger partial charge in [0.15, 0.2) is 0 Å². The molecule has 0 amide bonds. The Bertz CT molecular complexity index is 383. The number of hydrogen-bond donors (Lipinski definition) is 0. The van der Waals surface area contributed by atoms with Crippen LogP contribution in [0.1, 0.15) is 39.5 Å². The molecule has 0 N–H and O–H groups in total. The van der Waals surface area contributed by atoms with Crippen molar-refractivity contribution in [3.63, 3.8) is 0 Å². The molecule has 0 fully saturated rings. The van der Waals surface area contributed by atoms with E-state index in [1.165, 1.54) is 0 Å². The third-order valence-corrected chi connectivity index (χ3v) is 3.35. The van der Waals surface area contributed by atoms with Gasteiger partial charge in [0.2, 0.25) is 0 Å². The van der Waals surface area contributed by atoms with Gasteiger partial charge in [0.1, 0.15) is 12.2 Å². The molecule has 8 heteroatoms. The smallest absolute Gasteiger partial charge is 0.264 e. The summed E-state index contributed by atoms with van der Waals surface area (Å²) in [6.45, 7) is 3.73. The zero-order chi connectivity index (χ0) is 14.4. The molecule has 0 heterocycles. The molecule has 110 valence electrons. The lowest BCUT2D eigenvalue weighted by Gasteiger charge is -2.24. The van der Waals surface area contributed by atoms with E-state index in [1.807, 2.05) is 13.8 Å². The summed E-state index contributed by atoms with van der Waals surface area (Å²) in [6.07, 6.45) is 2.55. The van der Waals surface area contributed by atoms with Crippen molar-refractivity contribution in [2.45, 2.75) is 51.7 Å². The molecule has 0 aliphatic rings. The first-order chi connectivity index (χ1) is 8.09. The van der Waals surface area contributed by atoms with Crippen LogP contribution in [0.4, 0.5) is 0 Å². The molecule has 0 aliphatic carbocycles. The maximum atomic E-state index is 11.2. The molecule has 0 saturated heterocycles. The lowest BCUT2D eigenvalue weighted by atomic mass is 10.1. The van der Waals surface area contributed by atoms with Crippen LogP contribution >= 0.6 is 0 Å². The van der Waals surface area contributed by atoms with Gasteiger partial charge in [-0.2, -0.15) is 16.8 Å². The van der Waals surface area contributed by atoms with E-state index < -0.39 is 32.4 Å². The molecule has 0 spiro atoms. The SMILES string of the molecule is CCCC(OS(C)(=O)=O)C(CCC)OS(C)(=O)=O. The van der Waals surface area contributed by atoms with Gasteiger partial charge < -0.3 is 0 Å². The van der Waals surface area contributed by atoms with Gasteiger partial charge in [-0.3, -0.25) is 8.37 Å². The zero-order valence-electron chi connectivity index (χ0n) is 11.2. The van der Waals surface area contributed by atoms with Crippen LogP contribution in [-0.4, -0.2) is 41.6 Å². The van der Waals surface area contributed by atoms with E-state index in [2.05, 4.69) is 0 Å². The van der Waals surface area contributed by atoms with E-state index in [0.29, 0.717) is 25.7 Å². The van der Waals surface area contributed by atoms with Gasteiger partial charge >= 0.3 is 0 Å². The van der Waals surface area contributed by atoms with Gasteiger partial charge in [0.05, 0.1) is 12.5 Å². The van der Waals surface area contributed by atoms with Crippen molar-refractivity contribution in [1.29, 1.82) is 0 Å². The summed E-state index contributed by atoms with van der Waals surface area (Å²) in [5, 5.41) is 0. The molecule has 0 aromatic rings. The van der Waals surface area contributed by atoms with Crippen molar-refractivity contribution in [2.75, 3.05) is 12.5 Å². The Morgan fingerprint density at radius 3 is 1.22 bits per heavy atom. The maximum absolute atomic E-state index is 11.2. The van der Waals surface area contributed by atoms with Gasteiger partial charge in [-0.15, -0.1) is 0 Å². The van der Waals surface area contributed by atoms with Gasteiger partial charge in [-0.1, -0.05) is 26.7 Å². The summed E-state index contributed by atoms with van der Waals surface area (Å²) < 4.78 is 54.5. The summed E-state index contributed by atoms with van der Waals surface area (Å²) in [5.41, 5.74) is 0. The standard InChI is InChI=1S/C10H22O6S2/c1-5-7-9(15-17(3,11)12)10(8-6-2)16-18(4,13)14/h9-10H,5-8H2,1-4H3. The Labute approximate surface area is 110 Å². The Balaban J connectivity index is 4.97. The summed E-state index contributed by atoms with van der Waals surface area (Å²) in [5.74, 6) is 0. The first kappa shape index (κ1) is 17.8. The second-order valence-electron chi connectivity index (χ2n) is 4.25. The van der Waals surface area contributed by atoms with E-state index in [4.69, 9.17) is 8.37 Å². The summed E-state index contributed by atoms with van der Waals surface area (Å²) >= 11 is 0. The van der Waals surface area contributed by atoms with Crippen LogP contribution in [0.3, 0.4) is 0 Å². The van der Waals surface area contributed by atoms with Crippen LogP contribution in [-0.2, 0) is 28.6 Å². The van der Waals surface area contributed by atoms with Crippen molar-refractivity contribution in [2.24, 2.45) is 0 Å². The molecule has 6 nitrogen and oxygen atoms in total. The second kappa shape index (κ2) is 7.42. The highest BCUT2D eigenvalue weighted by Gasteiger charge is 2.28. The Morgan fingerprint density at radius 1 is 0.778 bits per heavy atom. The van der Waals surface area contributed by atoms with Gasteiger partial charge in [0.25, 0.3) is 20.2 Å². The predicted octanol–water partition coefficient (Wildman–Crippen LogP) is 1.28. The molecule has 2 atom stereocenters. The van der Waals surface area contributed by atoms with Crippen LogP contribution in [0.25, 0.3) is 0 Å². The van der Waals surface area contributed by atoms with E-state index in [0.717, 1.165) is 12.5 Å². The molecule has 0 radical (unpaired) electrons. The molecule has 0 saturated carbocycles. The predicted molar refractivity (Wildman–Crippen MR) is 69.2 cm³/mol. The van der Waals surface area contributed by atoms with E-state index in [-0.39, 0.29) is 0 Å². The average molecular weight is 302 g/mol. The molecule has 2 unspecified atom stereocenters. The normalized spacial score (nSPS) is 16.4. The Morgan fingerprint density at radius 2 is 1.06 bits per heavy atom. The number of rotatable bonds is 9. The minimum atomic E-state index is -3.64. The summed E-state index contributed by atoms with van der Waals surface area (Å²) in [7, 11) is -7.28. The molecule has 0 aromatic carbocycles. The van der Waals surface area contributed by atoms with Gasteiger partial charge in [-0.05, 0) is 12.8 Å². The highest BCUT2D eigenvalue weighted by Crippen LogP contribution is 2.19. The first-order valence-corrected chi connectivity index (χ1v) is 9.48. The van der Waals surface area contributed by atoms with Crippen LogP contribution in [0.15, 0.2) is 0 Å². The fourth-order valence-corrected chi connectivity index (χ4v) is 2.95. The molecule has 18 heavy (non-hydrogen) atoms. The average Bonchev–Trinajstić information content (AvgIpc) is 2.12. The van der Waals surface area contributed by atoms with E-state index in [1.54, 1.807) is 0 Å². The van der Waals surface area contributed by atoms with Crippen molar-refractivity contribution in [1.82, 2.24) is 0 Å². The van der Waals surface area contributed by atoms with Crippen molar-refractivity contribution < 1.29 is 25.2 Å². The highest BCUT2D eigenvalue weighted by molar-refractivity contribution is 7.86. The van der Waals surface area contributed by atoms with Crippen molar-refractivity contribution in [3.05, 3.63) is 0 Å². The lowest BCUT2D eigenvalue weighted by Crippen LogP contribution is -2.34. The molecular weight excluding hydrogens is 280 g/mol. The third-order valence-electron chi connectivity index (χ3n) is 2.16. The topological polar surface area (TPSA) is 86.7 Å². The molecule has 0 aromatic heterocycles. The van der Waals surface area contributed by atoms with Gasteiger partial charge in [0, 0.05) is 0 Å². The Kier molecular flexibility index (Phi) is 7.34. The Hall–Kier alpha value is -0.180. The highest BCUT2D eigenvalue weighted by atomic mass is 32.2. The molecular formula is C10H22O6S2. The van der Waals surface area contributed by atoms with E-state index >= 15 is 0 Å². The minimum Gasteiger partial charge on any atom is -0.264 e. The lowest BCUT2D eigenvalue weighted by molar-refractivity contribution is 0.0519. The maximum Gasteiger partial charge on any atom is 0.264 e. The third kappa shape index (κ3) is 8.84.